The van der Waals surface area contributed by atoms with Gasteiger partial charge in [-0.2, -0.15) is 0 Å². The quantitative estimate of drug-likeness (QED) is 0.622. The Kier molecular flexibility index (Phi) is 7.68. The number of nitrogens with zero attached hydrogens (tertiary/aromatic N) is 2. The Morgan fingerprint density at radius 1 is 1.00 bits per heavy atom. The van der Waals surface area contributed by atoms with E-state index >= 15 is 0 Å². The van der Waals surface area contributed by atoms with Crippen molar-refractivity contribution < 1.29 is 23.4 Å². The summed E-state index contributed by atoms with van der Waals surface area (Å²) in [6.07, 6.45) is 3.11. The number of methoxy groups -OCH3 is 2. The molecule has 0 atom stereocenters. The molecule has 0 bridgehead atoms. The van der Waals surface area contributed by atoms with E-state index in [0.29, 0.717) is 25.3 Å². The minimum absolute atomic E-state index is 0.0691. The molecule has 0 saturated carbocycles. The van der Waals surface area contributed by atoms with Gasteiger partial charge in [0.25, 0.3) is 0 Å². The highest BCUT2D eigenvalue weighted by Gasteiger charge is 2.19. The third-order valence-corrected chi connectivity index (χ3v) is 5.01. The smallest absolute Gasteiger partial charge is 0.246 e. The van der Waals surface area contributed by atoms with E-state index in [-0.39, 0.29) is 11.7 Å². The average Bonchev–Trinajstić information content (AvgIpc) is 2.78. The Morgan fingerprint density at radius 2 is 1.70 bits per heavy atom. The highest BCUT2D eigenvalue weighted by atomic mass is 19.1. The van der Waals surface area contributed by atoms with Crippen LogP contribution in [0.4, 0.5) is 4.39 Å². The maximum atomic E-state index is 13.7. The van der Waals surface area contributed by atoms with Crippen molar-refractivity contribution >= 4 is 12.0 Å². The number of hydrogen-bond acceptors (Lipinski definition) is 5. The summed E-state index contributed by atoms with van der Waals surface area (Å²) in [7, 11) is 3.05. The predicted molar refractivity (Wildman–Crippen MR) is 113 cm³/mol. The number of carbonyl (C=O) groups excluding carboxylic acids is 1. The lowest BCUT2D eigenvalue weighted by molar-refractivity contribution is -0.127. The van der Waals surface area contributed by atoms with Gasteiger partial charge in [-0.1, -0.05) is 6.07 Å². The molecule has 1 fully saturated rings. The van der Waals surface area contributed by atoms with Crippen molar-refractivity contribution in [3.05, 3.63) is 59.9 Å². The molecule has 0 radical (unpaired) electrons. The zero-order valence-electron chi connectivity index (χ0n) is 17.3. The van der Waals surface area contributed by atoms with Gasteiger partial charge >= 0.3 is 0 Å². The van der Waals surface area contributed by atoms with Crippen LogP contribution in [0.3, 0.4) is 0 Å². The van der Waals surface area contributed by atoms with Crippen molar-refractivity contribution in [2.75, 3.05) is 53.6 Å². The van der Waals surface area contributed by atoms with Crippen molar-refractivity contribution in [3.8, 4) is 17.2 Å². The van der Waals surface area contributed by atoms with Crippen molar-refractivity contribution in [1.82, 2.24) is 9.80 Å². The number of carbonyl (C=O) groups is 1. The third-order valence-electron chi connectivity index (χ3n) is 5.01. The van der Waals surface area contributed by atoms with E-state index in [9.17, 15) is 9.18 Å². The Balaban J connectivity index is 1.40. The number of ether oxygens (including phenoxy) is 3. The summed E-state index contributed by atoms with van der Waals surface area (Å²) in [5.74, 6) is 1.28. The zero-order chi connectivity index (χ0) is 21.3. The normalized spacial score (nSPS) is 14.7. The highest BCUT2D eigenvalue weighted by Crippen LogP contribution is 2.19. The molecule has 3 rings (SSSR count). The molecule has 1 heterocycles. The molecule has 7 heteroatoms. The molecule has 1 aliphatic rings. The van der Waals surface area contributed by atoms with Gasteiger partial charge in [0, 0.05) is 38.8 Å². The Labute approximate surface area is 176 Å². The van der Waals surface area contributed by atoms with E-state index in [4.69, 9.17) is 14.2 Å². The van der Waals surface area contributed by atoms with Crippen LogP contribution in [-0.2, 0) is 4.79 Å². The second kappa shape index (κ2) is 10.6. The first-order valence-electron chi connectivity index (χ1n) is 9.89. The highest BCUT2D eigenvalue weighted by molar-refractivity contribution is 5.91. The van der Waals surface area contributed by atoms with Crippen molar-refractivity contribution in [1.29, 1.82) is 0 Å². The first-order valence-corrected chi connectivity index (χ1v) is 9.89. The summed E-state index contributed by atoms with van der Waals surface area (Å²) < 4.78 is 29.5. The molecule has 0 unspecified atom stereocenters. The maximum absolute atomic E-state index is 13.7. The van der Waals surface area contributed by atoms with Crippen LogP contribution in [0.15, 0.2) is 48.5 Å². The Morgan fingerprint density at radius 3 is 2.33 bits per heavy atom. The second-order valence-corrected chi connectivity index (χ2v) is 6.92. The van der Waals surface area contributed by atoms with E-state index in [1.165, 1.54) is 19.3 Å². The molecule has 0 aliphatic carbocycles. The van der Waals surface area contributed by atoms with Crippen molar-refractivity contribution in [2.24, 2.45) is 0 Å². The van der Waals surface area contributed by atoms with Crippen LogP contribution in [0, 0.1) is 5.82 Å². The zero-order valence-corrected chi connectivity index (χ0v) is 17.3. The standard InChI is InChI=1S/C23H27FN2O4/c1-28-19-5-7-20(8-6-19)30-16-15-25-11-13-26(14-12-25)23(27)10-4-18-3-9-22(29-2)21(24)17-18/h3-10,17H,11-16H2,1-2H3. The number of amides is 1. The van der Waals surface area contributed by atoms with E-state index in [2.05, 4.69) is 4.90 Å². The first-order chi connectivity index (χ1) is 14.6. The summed E-state index contributed by atoms with van der Waals surface area (Å²) in [4.78, 5) is 16.5. The Hall–Kier alpha value is -3.06. The van der Waals surface area contributed by atoms with Gasteiger partial charge in [0.1, 0.15) is 18.1 Å². The lowest BCUT2D eigenvalue weighted by atomic mass is 10.2. The van der Waals surface area contributed by atoms with Gasteiger partial charge < -0.3 is 19.1 Å². The number of piperazine rings is 1. The second-order valence-electron chi connectivity index (χ2n) is 6.92. The molecule has 1 aliphatic heterocycles. The predicted octanol–water partition coefficient (Wildman–Crippen LogP) is 3.08. The SMILES string of the molecule is COc1ccc(OCCN2CCN(C(=O)C=Cc3ccc(OC)c(F)c3)CC2)cc1. The molecule has 6 nitrogen and oxygen atoms in total. The van der Waals surface area contributed by atoms with Gasteiger partial charge in [-0.15, -0.1) is 0 Å². The van der Waals surface area contributed by atoms with Gasteiger partial charge in [-0.25, -0.2) is 4.39 Å². The number of benzene rings is 2. The molecule has 0 aromatic heterocycles. The van der Waals surface area contributed by atoms with Crippen LogP contribution in [0.1, 0.15) is 5.56 Å². The minimum Gasteiger partial charge on any atom is -0.497 e. The first kappa shape index (κ1) is 21.6. The van der Waals surface area contributed by atoms with Gasteiger partial charge in [-0.05, 0) is 48.0 Å². The summed E-state index contributed by atoms with van der Waals surface area (Å²) in [5.41, 5.74) is 0.621. The van der Waals surface area contributed by atoms with Crippen LogP contribution in [-0.4, -0.2) is 69.3 Å². The summed E-state index contributed by atoms with van der Waals surface area (Å²) >= 11 is 0. The molecule has 160 valence electrons. The fourth-order valence-electron chi connectivity index (χ4n) is 3.22. The largest absolute Gasteiger partial charge is 0.497 e. The van der Waals surface area contributed by atoms with E-state index in [1.807, 2.05) is 24.3 Å². The van der Waals surface area contributed by atoms with Crippen molar-refractivity contribution in [2.45, 2.75) is 0 Å². The fraction of sp³-hybridized carbons (Fsp3) is 0.348. The van der Waals surface area contributed by atoms with Crippen LogP contribution < -0.4 is 14.2 Å². The molecular formula is C23H27FN2O4. The van der Waals surface area contributed by atoms with E-state index in [1.54, 1.807) is 30.2 Å². The van der Waals surface area contributed by atoms with Gasteiger partial charge in [0.15, 0.2) is 11.6 Å². The molecule has 1 amide bonds. The average molecular weight is 414 g/mol. The molecular weight excluding hydrogens is 387 g/mol. The summed E-state index contributed by atoms with van der Waals surface area (Å²) in [5, 5.41) is 0. The van der Waals surface area contributed by atoms with Crippen LogP contribution in [0.5, 0.6) is 17.2 Å². The Bertz CT molecular complexity index is 862. The molecule has 30 heavy (non-hydrogen) atoms. The van der Waals surface area contributed by atoms with Gasteiger partial charge in [0.05, 0.1) is 14.2 Å². The maximum Gasteiger partial charge on any atom is 0.246 e. The lowest BCUT2D eigenvalue weighted by Crippen LogP contribution is -2.49. The number of halogens is 1. The summed E-state index contributed by atoms with van der Waals surface area (Å²) in [6.45, 7) is 4.29. The van der Waals surface area contributed by atoms with E-state index < -0.39 is 5.82 Å². The van der Waals surface area contributed by atoms with Crippen LogP contribution >= 0.6 is 0 Å². The number of hydrogen-bond donors (Lipinski definition) is 0. The van der Waals surface area contributed by atoms with Crippen LogP contribution in [0.25, 0.3) is 6.08 Å². The van der Waals surface area contributed by atoms with Crippen molar-refractivity contribution in [3.63, 3.8) is 0 Å². The molecule has 0 spiro atoms. The molecule has 1 saturated heterocycles. The topological polar surface area (TPSA) is 51.2 Å². The third kappa shape index (κ3) is 5.97. The summed E-state index contributed by atoms with van der Waals surface area (Å²) in [6, 6.07) is 12.1. The van der Waals surface area contributed by atoms with Gasteiger partial charge in [0.2, 0.25) is 5.91 Å². The monoisotopic (exact) mass is 414 g/mol. The van der Waals surface area contributed by atoms with Crippen LogP contribution in [0.2, 0.25) is 0 Å². The minimum atomic E-state index is -0.447. The molecule has 2 aromatic carbocycles. The fourth-order valence-corrected chi connectivity index (χ4v) is 3.22. The lowest BCUT2D eigenvalue weighted by Gasteiger charge is -2.34. The molecule has 0 N–H and O–H groups in total. The van der Waals surface area contributed by atoms with E-state index in [0.717, 1.165) is 31.1 Å². The number of rotatable bonds is 8. The van der Waals surface area contributed by atoms with Gasteiger partial charge in [-0.3, -0.25) is 9.69 Å². The molecule has 2 aromatic rings.